The fourth-order valence-corrected chi connectivity index (χ4v) is 2.28. The molecule has 4 nitrogen and oxygen atoms in total. The summed E-state index contributed by atoms with van der Waals surface area (Å²) >= 11 is 0. The van der Waals surface area contributed by atoms with Crippen molar-refractivity contribution >= 4 is 0 Å². The van der Waals surface area contributed by atoms with Crippen molar-refractivity contribution in [3.63, 3.8) is 0 Å². The van der Waals surface area contributed by atoms with Crippen molar-refractivity contribution in [3.8, 4) is 11.9 Å². The van der Waals surface area contributed by atoms with E-state index in [9.17, 15) is 0 Å². The second kappa shape index (κ2) is 5.15. The first-order valence-corrected chi connectivity index (χ1v) is 5.99. The maximum absolute atomic E-state index is 9.01. The minimum atomic E-state index is 0.112. The molecule has 0 saturated heterocycles. The lowest BCUT2D eigenvalue weighted by Gasteiger charge is -2.19. The molecule has 4 heteroatoms. The van der Waals surface area contributed by atoms with E-state index in [0.29, 0.717) is 23.9 Å². The minimum Gasteiger partial charge on any atom is -0.473 e. The fraction of sp³-hybridized carbons (Fsp3) is 0.538. The molecule has 0 bridgehead atoms. The molecular weight excluding hydrogens is 214 g/mol. The van der Waals surface area contributed by atoms with Crippen LogP contribution in [0.15, 0.2) is 12.1 Å². The van der Waals surface area contributed by atoms with Crippen molar-refractivity contribution in [2.75, 3.05) is 6.54 Å². The molecule has 1 fully saturated rings. The van der Waals surface area contributed by atoms with Gasteiger partial charge in [0.25, 0.3) is 0 Å². The summed E-state index contributed by atoms with van der Waals surface area (Å²) in [5, 5.41) is 9.01. The van der Waals surface area contributed by atoms with E-state index in [4.69, 9.17) is 15.7 Å². The van der Waals surface area contributed by atoms with E-state index < -0.39 is 0 Å². The molecule has 1 aromatic rings. The number of ether oxygens (including phenoxy) is 1. The van der Waals surface area contributed by atoms with Crippen molar-refractivity contribution < 1.29 is 4.74 Å². The van der Waals surface area contributed by atoms with Crippen LogP contribution in [0.25, 0.3) is 0 Å². The lowest BCUT2D eigenvalue weighted by atomic mass is 10.1. The number of nitrogens with zero attached hydrogens (tertiary/aromatic N) is 2. The molecule has 1 saturated carbocycles. The average molecular weight is 231 g/mol. The number of rotatable bonds is 3. The quantitative estimate of drug-likeness (QED) is 0.860. The molecule has 2 atom stereocenters. The summed E-state index contributed by atoms with van der Waals surface area (Å²) in [5.74, 6) is 0.849. The maximum Gasteiger partial charge on any atom is 0.232 e. The van der Waals surface area contributed by atoms with Gasteiger partial charge in [-0.15, -0.1) is 0 Å². The molecule has 1 aliphatic rings. The van der Waals surface area contributed by atoms with Gasteiger partial charge in [-0.3, -0.25) is 0 Å². The molecule has 0 amide bonds. The van der Waals surface area contributed by atoms with Crippen LogP contribution >= 0.6 is 0 Å². The Bertz CT molecular complexity index is 439. The highest BCUT2D eigenvalue weighted by Gasteiger charge is 2.28. The molecule has 2 rings (SSSR count). The topological polar surface area (TPSA) is 71.9 Å². The predicted molar refractivity (Wildman–Crippen MR) is 64.5 cm³/mol. The predicted octanol–water partition coefficient (Wildman–Crippen LogP) is 1.77. The van der Waals surface area contributed by atoms with Crippen LogP contribution in [0.2, 0.25) is 0 Å². The number of nitriles is 1. The van der Waals surface area contributed by atoms with Gasteiger partial charge >= 0.3 is 0 Å². The molecule has 0 aromatic carbocycles. The molecular formula is C13H17N3O. The number of hydrogen-bond acceptors (Lipinski definition) is 4. The Morgan fingerprint density at radius 3 is 3.06 bits per heavy atom. The largest absolute Gasteiger partial charge is 0.473 e. The number of aromatic nitrogens is 1. The number of aryl methyl sites for hydroxylation is 1. The third-order valence-electron chi connectivity index (χ3n) is 3.28. The maximum atomic E-state index is 9.01. The summed E-state index contributed by atoms with van der Waals surface area (Å²) in [6.45, 7) is 2.53. The van der Waals surface area contributed by atoms with Gasteiger partial charge in [0.15, 0.2) is 0 Å². The lowest BCUT2D eigenvalue weighted by molar-refractivity contribution is 0.155. The Morgan fingerprint density at radius 2 is 2.35 bits per heavy atom. The number of pyridine rings is 1. The molecule has 2 N–H and O–H groups in total. The van der Waals surface area contributed by atoms with Crippen LogP contribution in [-0.2, 0) is 0 Å². The summed E-state index contributed by atoms with van der Waals surface area (Å²) in [6.07, 6.45) is 3.36. The summed E-state index contributed by atoms with van der Waals surface area (Å²) in [6, 6.07) is 5.68. The highest BCUT2D eigenvalue weighted by Crippen LogP contribution is 2.29. The van der Waals surface area contributed by atoms with Crippen LogP contribution in [-0.4, -0.2) is 17.6 Å². The van der Waals surface area contributed by atoms with Gasteiger partial charge in [-0.1, -0.05) is 0 Å². The molecule has 90 valence electrons. The molecule has 0 spiro atoms. The summed E-state index contributed by atoms with van der Waals surface area (Å²) in [4.78, 5) is 4.29. The first-order valence-electron chi connectivity index (χ1n) is 5.99. The number of nitrogens with two attached hydrogens (primary N) is 1. The van der Waals surface area contributed by atoms with Crippen LogP contribution in [0.1, 0.15) is 30.5 Å². The van der Waals surface area contributed by atoms with Crippen LogP contribution in [0.3, 0.4) is 0 Å². The SMILES string of the molecule is Cc1ccc(C#N)c(OC2CCCC2CN)n1. The Labute approximate surface area is 101 Å². The Hall–Kier alpha value is -1.60. The average Bonchev–Trinajstić information content (AvgIpc) is 2.77. The van der Waals surface area contributed by atoms with Crippen LogP contribution in [0, 0.1) is 24.2 Å². The van der Waals surface area contributed by atoms with Crippen LogP contribution < -0.4 is 10.5 Å². The van der Waals surface area contributed by atoms with E-state index in [1.807, 2.05) is 13.0 Å². The third-order valence-corrected chi connectivity index (χ3v) is 3.28. The zero-order valence-corrected chi connectivity index (χ0v) is 10.0. The molecule has 1 heterocycles. The van der Waals surface area contributed by atoms with E-state index in [1.165, 1.54) is 0 Å². The van der Waals surface area contributed by atoms with Crippen molar-refractivity contribution in [2.24, 2.45) is 11.7 Å². The third kappa shape index (κ3) is 2.56. The minimum absolute atomic E-state index is 0.112. The molecule has 17 heavy (non-hydrogen) atoms. The van der Waals surface area contributed by atoms with E-state index in [-0.39, 0.29) is 6.10 Å². The fourth-order valence-electron chi connectivity index (χ4n) is 2.28. The van der Waals surface area contributed by atoms with Crippen molar-refractivity contribution in [3.05, 3.63) is 23.4 Å². The van der Waals surface area contributed by atoms with Crippen LogP contribution in [0.4, 0.5) is 0 Å². The number of hydrogen-bond donors (Lipinski definition) is 1. The Balaban J connectivity index is 2.18. The van der Waals surface area contributed by atoms with Gasteiger partial charge < -0.3 is 10.5 Å². The summed E-state index contributed by atoms with van der Waals surface area (Å²) in [5.41, 5.74) is 7.07. The smallest absolute Gasteiger partial charge is 0.232 e. The van der Waals surface area contributed by atoms with Crippen molar-refractivity contribution in [1.29, 1.82) is 5.26 Å². The van der Waals surface area contributed by atoms with Gasteiger partial charge in [-0.2, -0.15) is 5.26 Å². The standard InChI is InChI=1S/C13H17N3O/c1-9-5-6-11(8-15)13(16-9)17-12-4-2-3-10(12)7-14/h5-6,10,12H,2-4,7,14H2,1H3. The van der Waals surface area contributed by atoms with Gasteiger partial charge in [0.1, 0.15) is 17.7 Å². The highest BCUT2D eigenvalue weighted by atomic mass is 16.5. The summed E-state index contributed by atoms with van der Waals surface area (Å²) in [7, 11) is 0. The van der Waals surface area contributed by atoms with Gasteiger partial charge in [-0.05, 0) is 44.9 Å². The molecule has 0 aliphatic heterocycles. The van der Waals surface area contributed by atoms with Gasteiger partial charge in [0.2, 0.25) is 5.88 Å². The van der Waals surface area contributed by atoms with E-state index in [0.717, 1.165) is 25.0 Å². The lowest BCUT2D eigenvalue weighted by Crippen LogP contribution is -2.28. The monoisotopic (exact) mass is 231 g/mol. The Morgan fingerprint density at radius 1 is 1.53 bits per heavy atom. The molecule has 2 unspecified atom stereocenters. The zero-order chi connectivity index (χ0) is 12.3. The molecule has 1 aromatic heterocycles. The first-order chi connectivity index (χ1) is 8.24. The van der Waals surface area contributed by atoms with E-state index in [2.05, 4.69) is 11.1 Å². The van der Waals surface area contributed by atoms with E-state index >= 15 is 0 Å². The van der Waals surface area contributed by atoms with Crippen molar-refractivity contribution in [2.45, 2.75) is 32.3 Å². The van der Waals surface area contributed by atoms with Crippen molar-refractivity contribution in [1.82, 2.24) is 4.98 Å². The normalized spacial score (nSPS) is 23.4. The van der Waals surface area contributed by atoms with Gasteiger partial charge in [0, 0.05) is 11.6 Å². The highest BCUT2D eigenvalue weighted by molar-refractivity contribution is 5.38. The van der Waals surface area contributed by atoms with Crippen LogP contribution in [0.5, 0.6) is 5.88 Å². The second-order valence-corrected chi connectivity index (χ2v) is 4.50. The zero-order valence-electron chi connectivity index (χ0n) is 10.0. The Kier molecular flexibility index (Phi) is 3.60. The van der Waals surface area contributed by atoms with Gasteiger partial charge in [-0.25, -0.2) is 4.98 Å². The molecule has 0 radical (unpaired) electrons. The second-order valence-electron chi connectivity index (χ2n) is 4.50. The van der Waals surface area contributed by atoms with Gasteiger partial charge in [0.05, 0.1) is 0 Å². The first kappa shape index (κ1) is 11.9. The molecule has 1 aliphatic carbocycles. The van der Waals surface area contributed by atoms with E-state index in [1.54, 1.807) is 6.07 Å². The summed E-state index contributed by atoms with van der Waals surface area (Å²) < 4.78 is 5.87.